The Morgan fingerprint density at radius 2 is 2.21 bits per heavy atom. The Kier molecular flexibility index (Phi) is 5.78. The van der Waals surface area contributed by atoms with Crippen molar-refractivity contribution in [3.05, 3.63) is 6.33 Å². The summed E-state index contributed by atoms with van der Waals surface area (Å²) in [6.07, 6.45) is 1.88. The van der Waals surface area contributed by atoms with E-state index in [1.54, 1.807) is 14.0 Å². The van der Waals surface area contributed by atoms with Gasteiger partial charge in [0.15, 0.2) is 5.82 Å². The molecule has 0 bridgehead atoms. The first-order valence-corrected chi connectivity index (χ1v) is 6.18. The highest BCUT2D eigenvalue weighted by Gasteiger charge is 2.21. The predicted octanol–water partition coefficient (Wildman–Crippen LogP) is 0.657. The smallest absolute Gasteiger partial charge is 0.242 e. The molecule has 4 N–H and O–H groups in total. The molecule has 108 valence electrons. The van der Waals surface area contributed by atoms with Crippen LogP contribution in [-0.2, 0) is 4.74 Å². The number of ether oxygens (including phenoxy) is 2. The second kappa shape index (κ2) is 7.10. The van der Waals surface area contributed by atoms with Gasteiger partial charge in [0, 0.05) is 26.7 Å². The van der Waals surface area contributed by atoms with E-state index >= 15 is 0 Å². The number of anilines is 2. The molecule has 1 unspecified atom stereocenters. The van der Waals surface area contributed by atoms with Crippen LogP contribution in [0.15, 0.2) is 6.33 Å². The molecule has 0 fully saturated rings. The number of hydrogen-bond acceptors (Lipinski definition) is 7. The fourth-order valence-corrected chi connectivity index (χ4v) is 1.46. The number of nitrogens with one attached hydrogen (secondary N) is 1. The van der Waals surface area contributed by atoms with E-state index < -0.39 is 5.60 Å². The predicted molar refractivity (Wildman–Crippen MR) is 73.2 cm³/mol. The van der Waals surface area contributed by atoms with Crippen molar-refractivity contribution in [1.29, 1.82) is 0 Å². The van der Waals surface area contributed by atoms with Gasteiger partial charge in [-0.25, -0.2) is 4.98 Å². The van der Waals surface area contributed by atoms with Crippen LogP contribution in [0.1, 0.15) is 20.3 Å². The summed E-state index contributed by atoms with van der Waals surface area (Å²) in [5, 5.41) is 13.1. The van der Waals surface area contributed by atoms with Crippen molar-refractivity contribution < 1.29 is 14.6 Å². The Morgan fingerprint density at radius 3 is 2.84 bits per heavy atom. The number of nitrogens with two attached hydrogens (primary N) is 1. The lowest BCUT2D eigenvalue weighted by molar-refractivity contribution is 0.0357. The van der Waals surface area contributed by atoms with Crippen molar-refractivity contribution in [2.75, 3.05) is 37.9 Å². The van der Waals surface area contributed by atoms with Crippen LogP contribution in [0.3, 0.4) is 0 Å². The summed E-state index contributed by atoms with van der Waals surface area (Å²) >= 11 is 0. The van der Waals surface area contributed by atoms with Gasteiger partial charge in [-0.3, -0.25) is 0 Å². The van der Waals surface area contributed by atoms with Crippen molar-refractivity contribution in [2.24, 2.45) is 0 Å². The molecule has 0 radical (unpaired) electrons. The monoisotopic (exact) mass is 270 g/mol. The molecule has 0 aromatic carbocycles. The quantitative estimate of drug-likeness (QED) is 0.637. The molecule has 1 aromatic heterocycles. The van der Waals surface area contributed by atoms with Crippen LogP contribution < -0.4 is 15.8 Å². The summed E-state index contributed by atoms with van der Waals surface area (Å²) in [4.78, 5) is 7.98. The van der Waals surface area contributed by atoms with Gasteiger partial charge in [-0.2, -0.15) is 4.98 Å². The zero-order chi connectivity index (χ0) is 14.3. The molecule has 1 heterocycles. The molecule has 1 aromatic rings. The van der Waals surface area contributed by atoms with E-state index in [2.05, 4.69) is 15.3 Å². The highest BCUT2D eigenvalue weighted by molar-refractivity contribution is 5.66. The minimum absolute atomic E-state index is 0.309. The third-order valence-corrected chi connectivity index (χ3v) is 2.61. The van der Waals surface area contributed by atoms with Crippen LogP contribution in [0.5, 0.6) is 5.88 Å². The number of nitrogen functional groups attached to an aromatic ring is 1. The lowest BCUT2D eigenvalue weighted by Crippen LogP contribution is -2.35. The van der Waals surface area contributed by atoms with E-state index in [4.69, 9.17) is 15.2 Å². The van der Waals surface area contributed by atoms with Crippen LogP contribution in [0.25, 0.3) is 0 Å². The average Bonchev–Trinajstić information content (AvgIpc) is 2.38. The third-order valence-electron chi connectivity index (χ3n) is 2.61. The molecule has 7 heteroatoms. The highest BCUT2D eigenvalue weighted by Crippen LogP contribution is 2.25. The first-order valence-electron chi connectivity index (χ1n) is 6.18. The van der Waals surface area contributed by atoms with E-state index in [1.165, 1.54) is 6.33 Å². The van der Waals surface area contributed by atoms with Crippen molar-refractivity contribution >= 4 is 11.5 Å². The maximum atomic E-state index is 10.1. The SMILES string of the molecule is CCOc1ncnc(NCC(C)(O)CCOC)c1N. The van der Waals surface area contributed by atoms with E-state index in [1.807, 2.05) is 6.92 Å². The zero-order valence-electron chi connectivity index (χ0n) is 11.6. The number of rotatable bonds is 8. The lowest BCUT2D eigenvalue weighted by atomic mass is 10.0. The first kappa shape index (κ1) is 15.5. The van der Waals surface area contributed by atoms with Crippen molar-refractivity contribution in [1.82, 2.24) is 9.97 Å². The molecule has 1 rings (SSSR count). The third kappa shape index (κ3) is 4.88. The Bertz CT molecular complexity index is 399. The Morgan fingerprint density at radius 1 is 1.47 bits per heavy atom. The fraction of sp³-hybridized carbons (Fsp3) is 0.667. The van der Waals surface area contributed by atoms with Gasteiger partial charge in [0.2, 0.25) is 5.88 Å². The van der Waals surface area contributed by atoms with Gasteiger partial charge in [0.1, 0.15) is 12.0 Å². The number of hydrogen-bond donors (Lipinski definition) is 3. The Balaban J connectivity index is 2.64. The molecule has 0 aliphatic carbocycles. The summed E-state index contributed by atoms with van der Waals surface area (Å²) in [6, 6.07) is 0. The maximum Gasteiger partial charge on any atom is 0.242 e. The molecule has 0 aliphatic rings. The maximum absolute atomic E-state index is 10.1. The van der Waals surface area contributed by atoms with Gasteiger partial charge in [-0.1, -0.05) is 0 Å². The van der Waals surface area contributed by atoms with E-state index in [-0.39, 0.29) is 0 Å². The lowest BCUT2D eigenvalue weighted by Gasteiger charge is -2.24. The zero-order valence-corrected chi connectivity index (χ0v) is 11.6. The van der Waals surface area contributed by atoms with Gasteiger partial charge in [-0.05, 0) is 13.8 Å². The van der Waals surface area contributed by atoms with E-state index in [0.29, 0.717) is 43.6 Å². The highest BCUT2D eigenvalue weighted by atomic mass is 16.5. The molecular weight excluding hydrogens is 248 g/mol. The molecule has 0 saturated carbocycles. The molecule has 7 nitrogen and oxygen atoms in total. The fourth-order valence-electron chi connectivity index (χ4n) is 1.46. The number of aliphatic hydroxyl groups is 1. The second-order valence-electron chi connectivity index (χ2n) is 4.47. The molecular formula is C12H22N4O3. The average molecular weight is 270 g/mol. The topological polar surface area (TPSA) is 103 Å². The summed E-state index contributed by atoms with van der Waals surface area (Å²) in [5.41, 5.74) is 5.32. The molecule has 1 atom stereocenters. The number of nitrogens with zero attached hydrogens (tertiary/aromatic N) is 2. The van der Waals surface area contributed by atoms with Crippen molar-refractivity contribution in [3.63, 3.8) is 0 Å². The molecule has 0 aliphatic heterocycles. The minimum Gasteiger partial charge on any atom is -0.476 e. The van der Waals surface area contributed by atoms with Crippen LogP contribution in [0.2, 0.25) is 0 Å². The van der Waals surface area contributed by atoms with Crippen molar-refractivity contribution in [2.45, 2.75) is 25.9 Å². The summed E-state index contributed by atoms with van der Waals surface area (Å²) in [7, 11) is 1.60. The largest absolute Gasteiger partial charge is 0.476 e. The minimum atomic E-state index is -0.904. The van der Waals surface area contributed by atoms with Gasteiger partial charge < -0.3 is 25.6 Å². The number of aromatic nitrogens is 2. The summed E-state index contributed by atoms with van der Waals surface area (Å²) in [5.74, 6) is 0.799. The Hall–Kier alpha value is -1.60. The van der Waals surface area contributed by atoms with Crippen LogP contribution in [0.4, 0.5) is 11.5 Å². The van der Waals surface area contributed by atoms with Gasteiger partial charge in [0.25, 0.3) is 0 Å². The molecule has 19 heavy (non-hydrogen) atoms. The Labute approximate surface area is 113 Å². The van der Waals surface area contributed by atoms with E-state index in [9.17, 15) is 5.11 Å². The van der Waals surface area contributed by atoms with Gasteiger partial charge in [0.05, 0.1) is 12.2 Å². The first-order chi connectivity index (χ1) is 9.00. The van der Waals surface area contributed by atoms with Gasteiger partial charge >= 0.3 is 0 Å². The van der Waals surface area contributed by atoms with Gasteiger partial charge in [-0.15, -0.1) is 0 Å². The van der Waals surface area contributed by atoms with Crippen LogP contribution in [-0.4, -0.2) is 47.5 Å². The normalized spacial score (nSPS) is 13.9. The summed E-state index contributed by atoms with van der Waals surface area (Å²) < 4.78 is 10.2. The van der Waals surface area contributed by atoms with E-state index in [0.717, 1.165) is 0 Å². The van der Waals surface area contributed by atoms with Crippen LogP contribution >= 0.6 is 0 Å². The van der Waals surface area contributed by atoms with Crippen LogP contribution in [0, 0.1) is 0 Å². The molecule has 0 spiro atoms. The second-order valence-corrected chi connectivity index (χ2v) is 4.47. The summed E-state index contributed by atoms with van der Waals surface area (Å²) in [6.45, 7) is 4.84. The van der Waals surface area contributed by atoms with Crippen molar-refractivity contribution in [3.8, 4) is 5.88 Å². The number of methoxy groups -OCH3 is 1. The standard InChI is InChI=1S/C12H22N4O3/c1-4-19-11-9(13)10(15-8-16-11)14-7-12(2,17)5-6-18-3/h8,17H,4-7,13H2,1-3H3,(H,14,15,16). The molecule has 0 amide bonds. The molecule has 0 saturated heterocycles.